The Morgan fingerprint density at radius 2 is 2.00 bits per heavy atom. The predicted molar refractivity (Wildman–Crippen MR) is 49.0 cm³/mol. The molecule has 76 valence electrons. The van der Waals surface area contributed by atoms with Crippen LogP contribution in [0, 0.1) is 18.6 Å². The monoisotopic (exact) mass is 198 g/mol. The fourth-order valence-corrected chi connectivity index (χ4v) is 1.53. The number of aryl methyl sites for hydroxylation is 1. The van der Waals surface area contributed by atoms with Crippen LogP contribution in [-0.4, -0.2) is 10.7 Å². The maximum atomic E-state index is 13.5. The van der Waals surface area contributed by atoms with Gasteiger partial charge in [-0.1, -0.05) is 6.07 Å². The number of benzene rings is 1. The first-order valence-corrected chi connectivity index (χ1v) is 4.68. The number of halogens is 2. The van der Waals surface area contributed by atoms with Crippen LogP contribution < -0.4 is 0 Å². The molecule has 1 fully saturated rings. The molecule has 0 spiro atoms. The van der Waals surface area contributed by atoms with Crippen LogP contribution in [0.3, 0.4) is 0 Å². The zero-order valence-corrected chi connectivity index (χ0v) is 7.98. The molecule has 1 aliphatic carbocycles. The molecule has 1 aromatic carbocycles. The highest BCUT2D eigenvalue weighted by Crippen LogP contribution is 2.39. The van der Waals surface area contributed by atoms with Gasteiger partial charge in [0.2, 0.25) is 0 Å². The van der Waals surface area contributed by atoms with Gasteiger partial charge >= 0.3 is 0 Å². The molecule has 1 N–H and O–H groups in total. The lowest BCUT2D eigenvalue weighted by molar-refractivity contribution is 0.148. The summed E-state index contributed by atoms with van der Waals surface area (Å²) in [5.41, 5.74) is -0.411. The zero-order chi connectivity index (χ0) is 10.3. The molecule has 0 amide bonds. The number of hydrogen-bond donors (Lipinski definition) is 1. The Hall–Kier alpha value is -0.960. The van der Waals surface area contributed by atoms with Crippen molar-refractivity contribution in [3.63, 3.8) is 0 Å². The Kier molecular flexibility index (Phi) is 2.07. The first kappa shape index (κ1) is 9.59. The number of aliphatic hydroxyl groups is 1. The van der Waals surface area contributed by atoms with Gasteiger partial charge in [-0.3, -0.25) is 0 Å². The number of rotatable bonds is 2. The van der Waals surface area contributed by atoms with Crippen LogP contribution in [0.15, 0.2) is 12.1 Å². The Bertz CT molecular complexity index is 370. The van der Waals surface area contributed by atoms with Crippen molar-refractivity contribution in [3.05, 3.63) is 34.9 Å². The highest BCUT2D eigenvalue weighted by atomic mass is 19.1. The van der Waals surface area contributed by atoms with Gasteiger partial charge in [-0.15, -0.1) is 0 Å². The molecule has 14 heavy (non-hydrogen) atoms. The zero-order valence-electron chi connectivity index (χ0n) is 7.98. The van der Waals surface area contributed by atoms with E-state index in [0.29, 0.717) is 18.4 Å². The fraction of sp³-hybridized carbons (Fsp3) is 0.455. The Balaban J connectivity index is 2.35. The first-order chi connectivity index (χ1) is 6.52. The lowest BCUT2D eigenvalue weighted by atomic mass is 10.0. The van der Waals surface area contributed by atoms with Gasteiger partial charge in [-0.05, 0) is 31.4 Å². The summed E-state index contributed by atoms with van der Waals surface area (Å²) in [5.74, 6) is -1.08. The minimum atomic E-state index is -0.852. The third-order valence-corrected chi connectivity index (χ3v) is 2.71. The van der Waals surface area contributed by atoms with Gasteiger partial charge in [0, 0.05) is 12.0 Å². The number of hydrogen-bond acceptors (Lipinski definition) is 1. The molecule has 0 saturated heterocycles. The Morgan fingerprint density at radius 1 is 1.36 bits per heavy atom. The van der Waals surface area contributed by atoms with Crippen LogP contribution in [-0.2, 0) is 6.42 Å². The maximum Gasteiger partial charge on any atom is 0.132 e. The minimum Gasteiger partial charge on any atom is -0.390 e. The average molecular weight is 198 g/mol. The summed E-state index contributed by atoms with van der Waals surface area (Å²) < 4.78 is 26.7. The van der Waals surface area contributed by atoms with Crippen molar-refractivity contribution in [1.82, 2.24) is 0 Å². The normalized spacial score (nSPS) is 18.3. The van der Waals surface area contributed by atoms with Gasteiger partial charge in [0.15, 0.2) is 0 Å². The minimum absolute atomic E-state index is 0.0185. The van der Waals surface area contributed by atoms with E-state index in [-0.39, 0.29) is 12.0 Å². The lowest BCUT2D eigenvalue weighted by Gasteiger charge is -2.10. The largest absolute Gasteiger partial charge is 0.390 e. The van der Waals surface area contributed by atoms with E-state index >= 15 is 0 Å². The summed E-state index contributed by atoms with van der Waals surface area (Å²) in [7, 11) is 0. The van der Waals surface area contributed by atoms with E-state index in [0.717, 1.165) is 0 Å². The van der Waals surface area contributed by atoms with Gasteiger partial charge in [0.25, 0.3) is 0 Å². The van der Waals surface area contributed by atoms with Gasteiger partial charge in [0.05, 0.1) is 5.60 Å². The van der Waals surface area contributed by atoms with Crippen LogP contribution in [0.25, 0.3) is 0 Å². The molecule has 0 heterocycles. The molecule has 1 nitrogen and oxygen atoms in total. The molecule has 0 aromatic heterocycles. The van der Waals surface area contributed by atoms with Crippen LogP contribution in [0.1, 0.15) is 24.0 Å². The van der Waals surface area contributed by atoms with E-state index in [2.05, 4.69) is 0 Å². The third-order valence-electron chi connectivity index (χ3n) is 2.71. The molecule has 1 saturated carbocycles. The van der Waals surface area contributed by atoms with Crippen molar-refractivity contribution in [2.75, 3.05) is 0 Å². The molecule has 3 heteroatoms. The van der Waals surface area contributed by atoms with Crippen molar-refractivity contribution in [1.29, 1.82) is 0 Å². The van der Waals surface area contributed by atoms with Crippen LogP contribution in [0.4, 0.5) is 8.78 Å². The van der Waals surface area contributed by atoms with Crippen molar-refractivity contribution in [2.45, 2.75) is 31.8 Å². The third kappa shape index (κ3) is 1.64. The molecule has 0 unspecified atom stereocenters. The molecule has 2 rings (SSSR count). The summed E-state index contributed by atoms with van der Waals surface area (Å²) in [4.78, 5) is 0. The van der Waals surface area contributed by atoms with Gasteiger partial charge < -0.3 is 5.11 Å². The molecular formula is C11H12F2O. The van der Waals surface area contributed by atoms with Crippen molar-refractivity contribution < 1.29 is 13.9 Å². The Morgan fingerprint density at radius 3 is 2.57 bits per heavy atom. The molecule has 0 bridgehead atoms. The summed E-state index contributed by atoms with van der Waals surface area (Å²) >= 11 is 0. The molecule has 1 aromatic rings. The summed E-state index contributed by atoms with van der Waals surface area (Å²) in [6, 6.07) is 2.66. The second-order valence-electron chi connectivity index (χ2n) is 4.06. The van der Waals surface area contributed by atoms with Crippen LogP contribution in [0.5, 0.6) is 0 Å². The topological polar surface area (TPSA) is 20.2 Å². The standard InChI is InChI=1S/C11H12F2O/c1-7-2-3-9(12)8(10(7)13)6-11(14)4-5-11/h2-3,14H,4-6H2,1H3. The maximum absolute atomic E-state index is 13.5. The van der Waals surface area contributed by atoms with E-state index in [1.807, 2.05) is 0 Å². The van der Waals surface area contributed by atoms with E-state index in [4.69, 9.17) is 0 Å². The highest BCUT2D eigenvalue weighted by molar-refractivity contribution is 5.28. The first-order valence-electron chi connectivity index (χ1n) is 4.68. The molecule has 0 radical (unpaired) electrons. The van der Waals surface area contributed by atoms with E-state index in [1.165, 1.54) is 12.1 Å². The summed E-state index contributed by atoms with van der Waals surface area (Å²) in [6.07, 6.45) is 1.37. The van der Waals surface area contributed by atoms with Crippen molar-refractivity contribution >= 4 is 0 Å². The van der Waals surface area contributed by atoms with Crippen LogP contribution in [0.2, 0.25) is 0 Å². The average Bonchev–Trinajstić information content (AvgIpc) is 2.86. The van der Waals surface area contributed by atoms with Gasteiger partial charge in [-0.2, -0.15) is 0 Å². The summed E-state index contributed by atoms with van der Waals surface area (Å²) in [6.45, 7) is 1.59. The predicted octanol–water partition coefficient (Wildman–Crippen LogP) is 2.34. The second-order valence-corrected chi connectivity index (χ2v) is 4.06. The van der Waals surface area contributed by atoms with Crippen molar-refractivity contribution in [3.8, 4) is 0 Å². The van der Waals surface area contributed by atoms with E-state index in [1.54, 1.807) is 6.92 Å². The quantitative estimate of drug-likeness (QED) is 0.773. The van der Waals surface area contributed by atoms with Crippen LogP contribution >= 0.6 is 0 Å². The summed E-state index contributed by atoms with van der Waals surface area (Å²) in [5, 5.41) is 9.59. The molecule has 1 aliphatic rings. The SMILES string of the molecule is Cc1ccc(F)c(CC2(O)CC2)c1F. The molecule has 0 aliphatic heterocycles. The smallest absolute Gasteiger partial charge is 0.132 e. The lowest BCUT2D eigenvalue weighted by Crippen LogP contribution is -2.14. The highest BCUT2D eigenvalue weighted by Gasteiger charge is 2.41. The Labute approximate surface area is 81.4 Å². The van der Waals surface area contributed by atoms with Crippen molar-refractivity contribution in [2.24, 2.45) is 0 Å². The van der Waals surface area contributed by atoms with Gasteiger partial charge in [0.1, 0.15) is 11.6 Å². The molecule has 0 atom stereocenters. The van der Waals surface area contributed by atoms with E-state index < -0.39 is 17.2 Å². The second kappa shape index (κ2) is 3.02. The van der Waals surface area contributed by atoms with Gasteiger partial charge in [-0.25, -0.2) is 8.78 Å². The molecular weight excluding hydrogens is 186 g/mol. The fourth-order valence-electron chi connectivity index (χ4n) is 1.53. The van der Waals surface area contributed by atoms with E-state index in [9.17, 15) is 13.9 Å².